The first kappa shape index (κ1) is 13.8. The van der Waals surface area contributed by atoms with Crippen molar-refractivity contribution in [3.05, 3.63) is 53.0 Å². The third-order valence-corrected chi connectivity index (χ3v) is 4.03. The van der Waals surface area contributed by atoms with Crippen LogP contribution in [0.25, 0.3) is 0 Å². The van der Waals surface area contributed by atoms with Gasteiger partial charge in [0.2, 0.25) is 0 Å². The fraction of sp³-hybridized carbons (Fsp3) is 0.400. The number of hydrogen-bond acceptors (Lipinski definition) is 3. The highest BCUT2D eigenvalue weighted by Crippen LogP contribution is 2.27. The first-order valence-electron chi connectivity index (χ1n) is 6.74. The summed E-state index contributed by atoms with van der Waals surface area (Å²) in [4.78, 5) is 4.07. The van der Waals surface area contributed by atoms with E-state index < -0.39 is 5.79 Å². The fourth-order valence-corrected chi connectivity index (χ4v) is 2.72. The molecule has 0 unspecified atom stereocenters. The van der Waals surface area contributed by atoms with E-state index in [9.17, 15) is 0 Å². The van der Waals surface area contributed by atoms with E-state index in [2.05, 4.69) is 45.2 Å². The number of aromatic nitrogens is 2. The van der Waals surface area contributed by atoms with Gasteiger partial charge in [-0.2, -0.15) is 0 Å². The van der Waals surface area contributed by atoms with Crippen LogP contribution in [0.15, 0.2) is 47.5 Å². The zero-order valence-corrected chi connectivity index (χ0v) is 12.8. The number of rotatable bonds is 5. The number of ether oxygens (including phenoxy) is 2. The molecule has 1 aromatic carbocycles. The molecule has 0 radical (unpaired) electrons. The van der Waals surface area contributed by atoms with Crippen molar-refractivity contribution in [1.29, 1.82) is 0 Å². The van der Waals surface area contributed by atoms with Crippen LogP contribution >= 0.6 is 15.9 Å². The third kappa shape index (κ3) is 3.29. The van der Waals surface area contributed by atoms with Crippen molar-refractivity contribution in [3.8, 4) is 0 Å². The van der Waals surface area contributed by atoms with Gasteiger partial charge in [-0.15, -0.1) is 0 Å². The van der Waals surface area contributed by atoms with Gasteiger partial charge >= 0.3 is 0 Å². The van der Waals surface area contributed by atoms with Gasteiger partial charge in [-0.3, -0.25) is 0 Å². The molecule has 20 heavy (non-hydrogen) atoms. The normalized spacial score (nSPS) is 17.4. The minimum atomic E-state index is -0.520. The lowest BCUT2D eigenvalue weighted by molar-refractivity contribution is -0.171. The molecule has 2 heterocycles. The first-order valence-corrected chi connectivity index (χ1v) is 7.53. The molecular formula is C15H17BrN2O2. The van der Waals surface area contributed by atoms with E-state index in [4.69, 9.17) is 9.47 Å². The molecule has 1 aliphatic rings. The van der Waals surface area contributed by atoms with E-state index in [0.29, 0.717) is 19.8 Å². The van der Waals surface area contributed by atoms with Gasteiger partial charge < -0.3 is 14.0 Å². The largest absolute Gasteiger partial charge is 0.346 e. The van der Waals surface area contributed by atoms with Crippen LogP contribution in [0, 0.1) is 0 Å². The lowest BCUT2D eigenvalue weighted by Crippen LogP contribution is -2.35. The van der Waals surface area contributed by atoms with Crippen LogP contribution in [0.1, 0.15) is 12.0 Å². The van der Waals surface area contributed by atoms with Gasteiger partial charge in [-0.25, -0.2) is 4.98 Å². The molecule has 0 aliphatic carbocycles. The van der Waals surface area contributed by atoms with E-state index >= 15 is 0 Å². The Morgan fingerprint density at radius 1 is 1.20 bits per heavy atom. The van der Waals surface area contributed by atoms with Crippen molar-refractivity contribution in [2.45, 2.75) is 25.2 Å². The first-order chi connectivity index (χ1) is 9.76. The van der Waals surface area contributed by atoms with Crippen molar-refractivity contribution < 1.29 is 9.47 Å². The molecule has 0 saturated carbocycles. The van der Waals surface area contributed by atoms with Crippen LogP contribution in [-0.2, 0) is 22.4 Å². The maximum absolute atomic E-state index is 5.88. The predicted molar refractivity (Wildman–Crippen MR) is 79.3 cm³/mol. The van der Waals surface area contributed by atoms with Crippen LogP contribution < -0.4 is 0 Å². The van der Waals surface area contributed by atoms with E-state index in [1.807, 2.05) is 10.8 Å². The van der Waals surface area contributed by atoms with Crippen molar-refractivity contribution in [2.24, 2.45) is 0 Å². The van der Waals surface area contributed by atoms with Gasteiger partial charge in [0.1, 0.15) is 0 Å². The molecule has 106 valence electrons. The Morgan fingerprint density at radius 3 is 2.60 bits per heavy atom. The molecule has 1 saturated heterocycles. The second-order valence-corrected chi connectivity index (χ2v) is 5.88. The van der Waals surface area contributed by atoms with Gasteiger partial charge in [0.25, 0.3) is 0 Å². The summed E-state index contributed by atoms with van der Waals surface area (Å²) in [5.41, 5.74) is 1.29. The van der Waals surface area contributed by atoms with Gasteiger partial charge in [0, 0.05) is 23.3 Å². The Hall–Kier alpha value is -1.17. The van der Waals surface area contributed by atoms with E-state index in [-0.39, 0.29) is 0 Å². The Balaban J connectivity index is 1.66. The third-order valence-electron chi connectivity index (χ3n) is 3.50. The molecule has 5 heteroatoms. The lowest BCUT2D eigenvalue weighted by Gasteiger charge is -2.27. The standard InChI is InChI=1S/C15H17BrN2O2/c16-14-3-1-13(2-4-14)5-6-15(19-9-10-20-15)11-18-8-7-17-12-18/h1-4,7-8,12H,5-6,9-11H2. The molecule has 2 aromatic rings. The van der Waals surface area contributed by atoms with E-state index in [0.717, 1.165) is 17.3 Å². The number of aryl methyl sites for hydroxylation is 1. The van der Waals surface area contributed by atoms with Gasteiger partial charge in [0.05, 0.1) is 26.1 Å². The van der Waals surface area contributed by atoms with Crippen molar-refractivity contribution in [3.63, 3.8) is 0 Å². The highest BCUT2D eigenvalue weighted by molar-refractivity contribution is 9.10. The molecule has 3 rings (SSSR count). The van der Waals surface area contributed by atoms with Crippen LogP contribution in [0.2, 0.25) is 0 Å². The van der Waals surface area contributed by atoms with Crippen molar-refractivity contribution in [1.82, 2.24) is 9.55 Å². The average Bonchev–Trinajstić information content (AvgIpc) is 3.11. The van der Waals surface area contributed by atoms with Crippen LogP contribution in [0.3, 0.4) is 0 Å². The molecule has 0 N–H and O–H groups in total. The number of hydrogen-bond donors (Lipinski definition) is 0. The number of benzene rings is 1. The zero-order valence-electron chi connectivity index (χ0n) is 11.2. The summed E-state index contributed by atoms with van der Waals surface area (Å²) in [6.45, 7) is 2.01. The SMILES string of the molecule is Brc1ccc(CCC2(Cn3ccnc3)OCCO2)cc1. The summed E-state index contributed by atoms with van der Waals surface area (Å²) in [5.74, 6) is -0.520. The van der Waals surface area contributed by atoms with Crippen molar-refractivity contribution >= 4 is 15.9 Å². The average molecular weight is 337 g/mol. The van der Waals surface area contributed by atoms with Crippen molar-refractivity contribution in [2.75, 3.05) is 13.2 Å². The molecule has 0 amide bonds. The Kier molecular flexibility index (Phi) is 4.19. The molecule has 1 aliphatic heterocycles. The van der Waals surface area contributed by atoms with Gasteiger partial charge in [0.15, 0.2) is 5.79 Å². The van der Waals surface area contributed by atoms with E-state index in [1.165, 1.54) is 5.56 Å². The monoisotopic (exact) mass is 336 g/mol. The fourth-order valence-electron chi connectivity index (χ4n) is 2.46. The smallest absolute Gasteiger partial charge is 0.186 e. The summed E-state index contributed by atoms with van der Waals surface area (Å²) in [5, 5.41) is 0. The molecule has 1 aromatic heterocycles. The Labute approximate surface area is 126 Å². The second kappa shape index (κ2) is 6.08. The van der Waals surface area contributed by atoms with Gasteiger partial charge in [-0.05, 0) is 24.1 Å². The maximum atomic E-state index is 5.88. The summed E-state index contributed by atoms with van der Waals surface area (Å²) in [7, 11) is 0. The quantitative estimate of drug-likeness (QED) is 0.842. The van der Waals surface area contributed by atoms with Gasteiger partial charge in [-0.1, -0.05) is 28.1 Å². The minimum Gasteiger partial charge on any atom is -0.346 e. The molecule has 1 fully saturated rings. The lowest BCUT2D eigenvalue weighted by atomic mass is 10.0. The topological polar surface area (TPSA) is 36.3 Å². The zero-order chi connectivity index (χ0) is 13.8. The summed E-state index contributed by atoms with van der Waals surface area (Å²) in [6, 6.07) is 8.39. The molecule has 0 atom stereocenters. The minimum absolute atomic E-state index is 0.520. The van der Waals surface area contributed by atoms with Crippen LogP contribution in [-0.4, -0.2) is 28.6 Å². The van der Waals surface area contributed by atoms with Crippen LogP contribution in [0.4, 0.5) is 0 Å². The molecular weight excluding hydrogens is 320 g/mol. The summed E-state index contributed by atoms with van der Waals surface area (Å²) < 4.78 is 14.9. The predicted octanol–water partition coefficient (Wildman–Crippen LogP) is 3.02. The molecule has 4 nitrogen and oxygen atoms in total. The maximum Gasteiger partial charge on any atom is 0.186 e. The summed E-state index contributed by atoms with van der Waals surface area (Å²) >= 11 is 3.45. The Morgan fingerprint density at radius 2 is 1.95 bits per heavy atom. The molecule has 0 bridgehead atoms. The number of imidazole rings is 1. The second-order valence-electron chi connectivity index (χ2n) is 4.97. The molecule has 0 spiro atoms. The number of halogens is 1. The number of nitrogens with zero attached hydrogens (tertiary/aromatic N) is 2. The Bertz CT molecular complexity index is 534. The highest BCUT2D eigenvalue weighted by atomic mass is 79.9. The summed E-state index contributed by atoms with van der Waals surface area (Å²) in [6.07, 6.45) is 7.28. The van der Waals surface area contributed by atoms with E-state index in [1.54, 1.807) is 12.5 Å². The highest BCUT2D eigenvalue weighted by Gasteiger charge is 2.36. The van der Waals surface area contributed by atoms with Crippen LogP contribution in [0.5, 0.6) is 0 Å².